The number of carbonyl (C=O) groups excluding carboxylic acids is 1. The molecule has 1 saturated carbocycles. The highest BCUT2D eigenvalue weighted by Crippen LogP contribution is 2.40. The Morgan fingerprint density at radius 2 is 1.94 bits per heavy atom. The number of hydrogen-bond acceptors (Lipinski definition) is 2. The number of rotatable bonds is 4. The minimum absolute atomic E-state index is 0.000630. The number of carboxylic acids is 1. The molecule has 1 rings (SSSR count). The van der Waals surface area contributed by atoms with Crippen LogP contribution in [0.2, 0.25) is 0 Å². The molecule has 0 bridgehead atoms. The van der Waals surface area contributed by atoms with Gasteiger partial charge in [-0.2, -0.15) is 0 Å². The molecule has 0 aromatic carbocycles. The average Bonchev–Trinajstić information content (AvgIpc) is 2.12. The third kappa shape index (κ3) is 4.00. The largest absolute Gasteiger partial charge is 0.481 e. The van der Waals surface area contributed by atoms with Gasteiger partial charge in [-0.15, -0.1) is 0 Å². The second-order valence-corrected chi connectivity index (χ2v) is 6.73. The van der Waals surface area contributed by atoms with E-state index in [1.165, 1.54) is 6.42 Å². The van der Waals surface area contributed by atoms with Crippen molar-refractivity contribution in [1.82, 2.24) is 5.32 Å². The molecule has 104 valence electrons. The lowest BCUT2D eigenvalue weighted by atomic mass is 9.68. The molecule has 0 spiro atoms. The molecule has 1 aliphatic rings. The molecule has 1 unspecified atom stereocenters. The lowest BCUT2D eigenvalue weighted by Gasteiger charge is -2.39. The summed E-state index contributed by atoms with van der Waals surface area (Å²) in [6, 6.07) is 0. The summed E-state index contributed by atoms with van der Waals surface area (Å²) in [7, 11) is 0. The van der Waals surface area contributed by atoms with E-state index in [1.54, 1.807) is 13.8 Å². The minimum atomic E-state index is -0.886. The molecular formula is C14H25NO3. The van der Waals surface area contributed by atoms with Crippen LogP contribution >= 0.6 is 0 Å². The zero-order chi connectivity index (χ0) is 14.0. The highest BCUT2D eigenvalue weighted by molar-refractivity contribution is 5.81. The Labute approximate surface area is 109 Å². The first kappa shape index (κ1) is 15.0. The summed E-state index contributed by atoms with van der Waals surface area (Å²) in [5.74, 6) is -0.881. The van der Waals surface area contributed by atoms with Gasteiger partial charge in [0, 0.05) is 11.5 Å². The molecule has 0 heterocycles. The Balaban J connectivity index is 2.67. The predicted octanol–water partition coefficient (Wildman–Crippen LogP) is 2.57. The predicted molar refractivity (Wildman–Crippen MR) is 70.2 cm³/mol. The van der Waals surface area contributed by atoms with Crippen molar-refractivity contribution in [2.45, 2.75) is 65.3 Å². The topological polar surface area (TPSA) is 66.4 Å². The van der Waals surface area contributed by atoms with Crippen molar-refractivity contribution >= 4 is 11.9 Å². The van der Waals surface area contributed by atoms with Gasteiger partial charge in [0.05, 0.1) is 6.42 Å². The molecule has 0 aromatic rings. The number of carboxylic acid groups (broad SMARTS) is 1. The Morgan fingerprint density at radius 3 is 2.44 bits per heavy atom. The van der Waals surface area contributed by atoms with Crippen LogP contribution in [0.3, 0.4) is 0 Å². The van der Waals surface area contributed by atoms with Gasteiger partial charge in [0.2, 0.25) is 5.91 Å². The van der Waals surface area contributed by atoms with Crippen LogP contribution in [-0.4, -0.2) is 22.5 Å². The third-order valence-corrected chi connectivity index (χ3v) is 3.88. The number of aliphatic carboxylic acids is 1. The van der Waals surface area contributed by atoms with Gasteiger partial charge in [0.1, 0.15) is 0 Å². The van der Waals surface area contributed by atoms with E-state index in [1.807, 2.05) is 0 Å². The van der Waals surface area contributed by atoms with Crippen LogP contribution in [0.1, 0.15) is 59.8 Å². The summed E-state index contributed by atoms with van der Waals surface area (Å²) in [6.45, 7) is 7.77. The van der Waals surface area contributed by atoms with E-state index in [2.05, 4.69) is 19.2 Å². The van der Waals surface area contributed by atoms with E-state index < -0.39 is 11.5 Å². The number of hydrogen-bond donors (Lipinski definition) is 2. The van der Waals surface area contributed by atoms with Crippen molar-refractivity contribution in [2.24, 2.45) is 11.3 Å². The molecule has 1 atom stereocenters. The van der Waals surface area contributed by atoms with Crippen LogP contribution in [0.25, 0.3) is 0 Å². The van der Waals surface area contributed by atoms with E-state index in [9.17, 15) is 9.59 Å². The third-order valence-electron chi connectivity index (χ3n) is 3.88. The van der Waals surface area contributed by atoms with Crippen LogP contribution in [0.15, 0.2) is 0 Å². The smallest absolute Gasteiger partial charge is 0.305 e. The van der Waals surface area contributed by atoms with Crippen molar-refractivity contribution in [3.05, 3.63) is 0 Å². The second kappa shape index (κ2) is 5.29. The Morgan fingerprint density at radius 1 is 1.33 bits per heavy atom. The number of carbonyl (C=O) groups is 2. The van der Waals surface area contributed by atoms with Crippen LogP contribution < -0.4 is 5.32 Å². The molecule has 0 saturated heterocycles. The standard InChI is InChI=1S/C14H25NO3/c1-13(2)8-6-5-7-10(13)12(18)15-14(3,4)9-11(16)17/h10H,5-9H2,1-4H3,(H,15,18)(H,16,17). The van der Waals surface area contributed by atoms with Gasteiger partial charge in [-0.3, -0.25) is 9.59 Å². The molecule has 18 heavy (non-hydrogen) atoms. The van der Waals surface area contributed by atoms with Crippen LogP contribution in [0, 0.1) is 11.3 Å². The first-order valence-corrected chi connectivity index (χ1v) is 6.68. The van der Waals surface area contributed by atoms with E-state index in [-0.39, 0.29) is 23.7 Å². The van der Waals surface area contributed by atoms with Crippen LogP contribution in [0.5, 0.6) is 0 Å². The summed E-state index contributed by atoms with van der Waals surface area (Å²) in [5.41, 5.74) is -0.669. The van der Waals surface area contributed by atoms with Crippen molar-refractivity contribution in [3.63, 3.8) is 0 Å². The summed E-state index contributed by atoms with van der Waals surface area (Å²) in [5, 5.41) is 11.7. The van der Waals surface area contributed by atoms with Crippen molar-refractivity contribution < 1.29 is 14.7 Å². The Bertz CT molecular complexity index is 334. The summed E-state index contributed by atoms with van der Waals surface area (Å²) >= 11 is 0. The summed E-state index contributed by atoms with van der Waals surface area (Å²) < 4.78 is 0. The zero-order valence-electron chi connectivity index (χ0n) is 11.9. The molecule has 2 N–H and O–H groups in total. The van der Waals surface area contributed by atoms with E-state index in [0.29, 0.717) is 0 Å². The van der Waals surface area contributed by atoms with E-state index in [4.69, 9.17) is 5.11 Å². The fourth-order valence-electron chi connectivity index (χ4n) is 2.82. The molecule has 1 amide bonds. The molecular weight excluding hydrogens is 230 g/mol. The first-order chi connectivity index (χ1) is 8.14. The maximum Gasteiger partial charge on any atom is 0.305 e. The highest BCUT2D eigenvalue weighted by atomic mass is 16.4. The minimum Gasteiger partial charge on any atom is -0.481 e. The Hall–Kier alpha value is -1.06. The fourth-order valence-corrected chi connectivity index (χ4v) is 2.82. The molecule has 4 nitrogen and oxygen atoms in total. The van der Waals surface area contributed by atoms with Crippen LogP contribution in [-0.2, 0) is 9.59 Å². The molecule has 1 aliphatic carbocycles. The fraction of sp³-hybridized carbons (Fsp3) is 0.857. The quantitative estimate of drug-likeness (QED) is 0.811. The van der Waals surface area contributed by atoms with Crippen LogP contribution in [0.4, 0.5) is 0 Å². The van der Waals surface area contributed by atoms with Gasteiger partial charge < -0.3 is 10.4 Å². The van der Waals surface area contributed by atoms with Gasteiger partial charge in [-0.05, 0) is 32.1 Å². The van der Waals surface area contributed by atoms with Gasteiger partial charge >= 0.3 is 5.97 Å². The maximum atomic E-state index is 12.3. The SMILES string of the molecule is CC(C)(CC(=O)O)NC(=O)C1CCCCC1(C)C. The normalized spacial score (nSPS) is 23.4. The van der Waals surface area contributed by atoms with Crippen molar-refractivity contribution in [3.8, 4) is 0 Å². The number of nitrogens with one attached hydrogen (secondary N) is 1. The average molecular weight is 255 g/mol. The maximum absolute atomic E-state index is 12.3. The molecule has 0 radical (unpaired) electrons. The molecule has 1 fully saturated rings. The molecule has 4 heteroatoms. The van der Waals surface area contributed by atoms with Gasteiger partial charge in [-0.1, -0.05) is 26.7 Å². The lowest BCUT2D eigenvalue weighted by Crippen LogP contribution is -2.50. The van der Waals surface area contributed by atoms with Gasteiger partial charge in [0.25, 0.3) is 0 Å². The number of amides is 1. The second-order valence-electron chi connectivity index (χ2n) is 6.73. The van der Waals surface area contributed by atoms with Gasteiger partial charge in [-0.25, -0.2) is 0 Å². The van der Waals surface area contributed by atoms with Crippen molar-refractivity contribution in [2.75, 3.05) is 0 Å². The van der Waals surface area contributed by atoms with Gasteiger partial charge in [0.15, 0.2) is 0 Å². The van der Waals surface area contributed by atoms with E-state index in [0.717, 1.165) is 19.3 Å². The lowest BCUT2D eigenvalue weighted by molar-refractivity contribution is -0.139. The van der Waals surface area contributed by atoms with E-state index >= 15 is 0 Å². The first-order valence-electron chi connectivity index (χ1n) is 6.68. The Kier molecular flexibility index (Phi) is 4.41. The molecule has 0 aliphatic heterocycles. The van der Waals surface area contributed by atoms with Crippen molar-refractivity contribution in [1.29, 1.82) is 0 Å². The summed E-state index contributed by atoms with van der Waals surface area (Å²) in [4.78, 5) is 23.1. The monoisotopic (exact) mass is 255 g/mol. The highest BCUT2D eigenvalue weighted by Gasteiger charge is 2.38. The molecule has 0 aromatic heterocycles. The summed E-state index contributed by atoms with van der Waals surface area (Å²) in [6.07, 6.45) is 4.18. The zero-order valence-corrected chi connectivity index (χ0v) is 11.9.